The Hall–Kier alpha value is -2.24. The van der Waals surface area contributed by atoms with Crippen LogP contribution in [-0.4, -0.2) is 29.8 Å². The SMILES string of the molecule is CC(C)(C)OC(=O)NC12CC(C(=O)c3ccc4c(c3)OCO4)(C1)C2. The molecular formula is C18H21NO5. The van der Waals surface area contributed by atoms with Crippen LogP contribution in [0.1, 0.15) is 50.4 Å². The van der Waals surface area contributed by atoms with E-state index in [9.17, 15) is 9.59 Å². The van der Waals surface area contributed by atoms with Gasteiger partial charge in [-0.15, -0.1) is 0 Å². The summed E-state index contributed by atoms with van der Waals surface area (Å²) < 4.78 is 15.9. The summed E-state index contributed by atoms with van der Waals surface area (Å²) in [5.74, 6) is 1.41. The average Bonchev–Trinajstić information content (AvgIpc) is 2.85. The van der Waals surface area contributed by atoms with E-state index in [2.05, 4.69) is 5.32 Å². The van der Waals surface area contributed by atoms with Gasteiger partial charge in [0.05, 0.1) is 0 Å². The van der Waals surface area contributed by atoms with Crippen LogP contribution in [0.4, 0.5) is 4.79 Å². The molecule has 4 aliphatic rings. The zero-order chi connectivity index (χ0) is 17.2. The molecule has 0 saturated heterocycles. The number of benzene rings is 1. The van der Waals surface area contributed by atoms with Gasteiger partial charge in [-0.3, -0.25) is 4.79 Å². The first-order valence-electron chi connectivity index (χ1n) is 8.16. The van der Waals surface area contributed by atoms with Gasteiger partial charge in [-0.05, 0) is 58.2 Å². The summed E-state index contributed by atoms with van der Waals surface area (Å²) in [6.07, 6.45) is 1.61. The fraction of sp³-hybridized carbons (Fsp3) is 0.556. The van der Waals surface area contributed by atoms with Crippen LogP contribution in [0.25, 0.3) is 0 Å². The van der Waals surface area contributed by atoms with Crippen LogP contribution in [0.15, 0.2) is 18.2 Å². The highest BCUT2D eigenvalue weighted by Gasteiger charge is 2.72. The number of alkyl carbamates (subject to hydrolysis) is 1. The van der Waals surface area contributed by atoms with Crippen molar-refractivity contribution in [3.63, 3.8) is 0 Å². The zero-order valence-electron chi connectivity index (χ0n) is 14.1. The van der Waals surface area contributed by atoms with Crippen molar-refractivity contribution in [3.05, 3.63) is 23.8 Å². The van der Waals surface area contributed by atoms with Crippen molar-refractivity contribution < 1.29 is 23.8 Å². The molecule has 0 aromatic heterocycles. The molecule has 3 aliphatic carbocycles. The molecule has 1 heterocycles. The van der Waals surface area contributed by atoms with Gasteiger partial charge in [0.1, 0.15) is 5.60 Å². The van der Waals surface area contributed by atoms with Crippen molar-refractivity contribution in [2.45, 2.75) is 51.2 Å². The summed E-state index contributed by atoms with van der Waals surface area (Å²) in [5.41, 5.74) is -0.491. The maximum Gasteiger partial charge on any atom is 0.408 e. The van der Waals surface area contributed by atoms with E-state index in [-0.39, 0.29) is 23.5 Å². The Morgan fingerprint density at radius 1 is 1.12 bits per heavy atom. The molecule has 2 bridgehead atoms. The van der Waals surface area contributed by atoms with Crippen molar-refractivity contribution in [2.75, 3.05) is 6.79 Å². The van der Waals surface area contributed by atoms with Crippen molar-refractivity contribution in [3.8, 4) is 11.5 Å². The van der Waals surface area contributed by atoms with E-state index >= 15 is 0 Å². The summed E-state index contributed by atoms with van der Waals surface area (Å²) in [5, 5.41) is 2.93. The van der Waals surface area contributed by atoms with Crippen molar-refractivity contribution in [2.24, 2.45) is 5.41 Å². The fourth-order valence-corrected chi connectivity index (χ4v) is 4.03. The van der Waals surface area contributed by atoms with Gasteiger partial charge >= 0.3 is 6.09 Å². The maximum absolute atomic E-state index is 12.8. The molecule has 24 heavy (non-hydrogen) atoms. The number of amides is 1. The number of ether oxygens (including phenoxy) is 3. The van der Waals surface area contributed by atoms with E-state index in [0.29, 0.717) is 36.3 Å². The molecule has 1 N–H and O–H groups in total. The van der Waals surface area contributed by atoms with Crippen LogP contribution in [0.3, 0.4) is 0 Å². The van der Waals surface area contributed by atoms with E-state index in [4.69, 9.17) is 14.2 Å². The Bertz CT molecular complexity index is 714. The fourth-order valence-electron chi connectivity index (χ4n) is 4.03. The summed E-state index contributed by atoms with van der Waals surface area (Å²) in [4.78, 5) is 24.7. The van der Waals surface area contributed by atoms with Crippen LogP contribution in [-0.2, 0) is 4.74 Å². The molecule has 1 aromatic rings. The third-order valence-corrected chi connectivity index (χ3v) is 4.91. The lowest BCUT2D eigenvalue weighted by Crippen LogP contribution is -2.77. The highest BCUT2D eigenvalue weighted by Crippen LogP contribution is 2.68. The van der Waals surface area contributed by atoms with Gasteiger partial charge in [-0.2, -0.15) is 0 Å². The Morgan fingerprint density at radius 3 is 2.46 bits per heavy atom. The van der Waals surface area contributed by atoms with Gasteiger partial charge in [0.25, 0.3) is 0 Å². The van der Waals surface area contributed by atoms with Gasteiger partial charge in [-0.25, -0.2) is 4.79 Å². The number of hydrogen-bond donors (Lipinski definition) is 1. The van der Waals surface area contributed by atoms with Crippen LogP contribution in [0, 0.1) is 5.41 Å². The molecule has 6 heteroatoms. The van der Waals surface area contributed by atoms with E-state index in [0.717, 1.165) is 0 Å². The number of hydrogen-bond acceptors (Lipinski definition) is 5. The molecule has 3 fully saturated rings. The number of rotatable bonds is 3. The summed E-state index contributed by atoms with van der Waals surface area (Å²) in [6, 6.07) is 5.30. The topological polar surface area (TPSA) is 73.9 Å². The second-order valence-electron chi connectivity index (χ2n) is 8.12. The van der Waals surface area contributed by atoms with E-state index < -0.39 is 11.7 Å². The first kappa shape index (κ1) is 15.3. The number of carbonyl (C=O) groups is 2. The molecule has 5 rings (SSSR count). The number of Topliss-reactive ketones (excluding diaryl/α,β-unsaturated/α-hetero) is 1. The van der Waals surface area contributed by atoms with Crippen molar-refractivity contribution in [1.82, 2.24) is 5.32 Å². The third-order valence-electron chi connectivity index (χ3n) is 4.91. The molecule has 0 spiro atoms. The average molecular weight is 331 g/mol. The molecule has 0 unspecified atom stereocenters. The summed E-state index contributed by atoms with van der Waals surface area (Å²) in [6.45, 7) is 5.69. The smallest absolute Gasteiger partial charge is 0.408 e. The lowest BCUT2D eigenvalue weighted by molar-refractivity contribution is -0.118. The van der Waals surface area contributed by atoms with E-state index in [1.807, 2.05) is 20.8 Å². The van der Waals surface area contributed by atoms with E-state index in [1.165, 1.54) is 0 Å². The molecule has 1 aliphatic heterocycles. The summed E-state index contributed by atoms with van der Waals surface area (Å²) >= 11 is 0. The lowest BCUT2D eigenvalue weighted by Gasteiger charge is -2.69. The standard InChI is InChI=1S/C18H21NO5/c1-16(2,3)24-15(21)19-18-7-17(8-18,9-18)14(20)11-4-5-12-13(6-11)23-10-22-12/h4-6H,7-10H2,1-3H3,(H,19,21). The summed E-state index contributed by atoms with van der Waals surface area (Å²) in [7, 11) is 0. The van der Waals surface area contributed by atoms with Crippen LogP contribution in [0.2, 0.25) is 0 Å². The maximum atomic E-state index is 12.8. The predicted octanol–water partition coefficient (Wildman–Crippen LogP) is 3.05. The number of ketones is 1. The monoisotopic (exact) mass is 331 g/mol. The molecule has 0 radical (unpaired) electrons. The second kappa shape index (κ2) is 4.65. The largest absolute Gasteiger partial charge is 0.454 e. The third kappa shape index (κ3) is 2.32. The highest BCUT2D eigenvalue weighted by atomic mass is 16.7. The number of fused-ring (bicyclic) bond motifs is 1. The quantitative estimate of drug-likeness (QED) is 0.862. The Morgan fingerprint density at radius 2 is 1.79 bits per heavy atom. The van der Waals surface area contributed by atoms with Gasteiger partial charge in [0, 0.05) is 16.5 Å². The molecular weight excluding hydrogens is 310 g/mol. The Labute approximate surface area is 140 Å². The van der Waals surface area contributed by atoms with Crippen LogP contribution >= 0.6 is 0 Å². The minimum atomic E-state index is -0.520. The zero-order valence-corrected chi connectivity index (χ0v) is 14.1. The molecule has 1 aromatic carbocycles. The van der Waals surface area contributed by atoms with E-state index in [1.54, 1.807) is 18.2 Å². The normalized spacial score (nSPS) is 29.3. The van der Waals surface area contributed by atoms with Gasteiger partial charge < -0.3 is 19.5 Å². The first-order chi connectivity index (χ1) is 11.2. The molecule has 3 saturated carbocycles. The Kier molecular flexibility index (Phi) is 2.96. The molecule has 128 valence electrons. The molecule has 1 amide bonds. The van der Waals surface area contributed by atoms with Crippen LogP contribution in [0.5, 0.6) is 11.5 Å². The number of nitrogens with one attached hydrogen (secondary N) is 1. The molecule has 6 nitrogen and oxygen atoms in total. The minimum absolute atomic E-state index is 0.119. The first-order valence-corrected chi connectivity index (χ1v) is 8.16. The highest BCUT2D eigenvalue weighted by molar-refractivity contribution is 6.03. The van der Waals surface area contributed by atoms with Crippen LogP contribution < -0.4 is 14.8 Å². The van der Waals surface area contributed by atoms with Crippen molar-refractivity contribution in [1.29, 1.82) is 0 Å². The predicted molar refractivity (Wildman–Crippen MR) is 85.3 cm³/mol. The van der Waals surface area contributed by atoms with Gasteiger partial charge in [0.15, 0.2) is 17.3 Å². The minimum Gasteiger partial charge on any atom is -0.454 e. The Balaban J connectivity index is 1.39. The second-order valence-corrected chi connectivity index (χ2v) is 8.12. The van der Waals surface area contributed by atoms with Crippen molar-refractivity contribution >= 4 is 11.9 Å². The van der Waals surface area contributed by atoms with Gasteiger partial charge in [0.2, 0.25) is 6.79 Å². The molecule has 0 atom stereocenters. The lowest BCUT2D eigenvalue weighted by atomic mass is 9.37. The van der Waals surface area contributed by atoms with Gasteiger partial charge in [-0.1, -0.05) is 0 Å². The number of carbonyl (C=O) groups excluding carboxylic acids is 2.